The van der Waals surface area contributed by atoms with Crippen molar-refractivity contribution in [1.29, 1.82) is 0 Å². The number of nitrogens with one attached hydrogen (secondary N) is 1. The molecular formula is C9H17N5. The predicted octanol–water partition coefficient (Wildman–Crippen LogP) is 0.141. The summed E-state index contributed by atoms with van der Waals surface area (Å²) in [6.45, 7) is 3.32. The Labute approximate surface area is 83.9 Å². The fourth-order valence-corrected chi connectivity index (χ4v) is 1.90. The number of rotatable bonds is 2. The predicted molar refractivity (Wildman–Crippen MR) is 52.7 cm³/mol. The maximum Gasteiger partial charge on any atom is 0.175 e. The largest absolute Gasteiger partial charge is 0.314 e. The second kappa shape index (κ2) is 4.04. The Morgan fingerprint density at radius 2 is 2.36 bits per heavy atom. The summed E-state index contributed by atoms with van der Waals surface area (Å²) in [5.41, 5.74) is 0. The Kier molecular flexibility index (Phi) is 2.77. The first-order valence-corrected chi connectivity index (χ1v) is 5.20. The Morgan fingerprint density at radius 1 is 1.50 bits per heavy atom. The number of hydrogen-bond acceptors (Lipinski definition) is 4. The van der Waals surface area contributed by atoms with Gasteiger partial charge in [-0.1, -0.05) is 0 Å². The van der Waals surface area contributed by atoms with Crippen LogP contribution >= 0.6 is 0 Å². The van der Waals surface area contributed by atoms with Crippen molar-refractivity contribution in [2.24, 2.45) is 13.0 Å². The Bertz CT molecular complexity index is 287. The van der Waals surface area contributed by atoms with Crippen LogP contribution in [0.1, 0.15) is 25.6 Å². The molecule has 0 spiro atoms. The average Bonchev–Trinajstić information content (AvgIpc) is 2.56. The average molecular weight is 195 g/mol. The van der Waals surface area contributed by atoms with Crippen molar-refractivity contribution in [3.8, 4) is 0 Å². The highest BCUT2D eigenvalue weighted by molar-refractivity contribution is 4.85. The molecule has 2 unspecified atom stereocenters. The molecule has 0 saturated carbocycles. The molecule has 0 bridgehead atoms. The zero-order valence-electron chi connectivity index (χ0n) is 8.77. The molecule has 0 amide bonds. The highest BCUT2D eigenvalue weighted by Gasteiger charge is 2.19. The molecule has 1 aromatic heterocycles. The van der Waals surface area contributed by atoms with E-state index in [9.17, 15) is 0 Å². The molecule has 1 N–H and O–H groups in total. The number of hydrogen-bond donors (Lipinski definition) is 1. The van der Waals surface area contributed by atoms with Gasteiger partial charge in [-0.05, 0) is 37.4 Å². The summed E-state index contributed by atoms with van der Waals surface area (Å²) in [5, 5.41) is 15.5. The van der Waals surface area contributed by atoms with E-state index in [0.717, 1.165) is 18.8 Å². The third-order valence-electron chi connectivity index (χ3n) is 2.78. The van der Waals surface area contributed by atoms with Gasteiger partial charge in [0.25, 0.3) is 0 Å². The van der Waals surface area contributed by atoms with E-state index in [1.165, 1.54) is 17.6 Å². The summed E-state index contributed by atoms with van der Waals surface area (Å²) >= 11 is 0. The lowest BCUT2D eigenvalue weighted by Crippen LogP contribution is -2.37. The summed E-state index contributed by atoms with van der Waals surface area (Å²) in [5.74, 6) is 1.55. The molecule has 78 valence electrons. The van der Waals surface area contributed by atoms with Crippen molar-refractivity contribution in [3.63, 3.8) is 0 Å². The standard InChI is InChI=1S/C9H17N5/c1-7-3-4-8(6-10-7)5-9-11-13-14(2)12-9/h7-8,10H,3-6H2,1-2H3. The maximum absolute atomic E-state index is 4.19. The number of nitrogens with zero attached hydrogens (tertiary/aromatic N) is 4. The number of aryl methyl sites for hydroxylation is 1. The summed E-state index contributed by atoms with van der Waals surface area (Å²) in [6, 6.07) is 0.668. The highest BCUT2D eigenvalue weighted by Crippen LogP contribution is 2.16. The van der Waals surface area contributed by atoms with Crippen molar-refractivity contribution in [3.05, 3.63) is 5.82 Å². The summed E-state index contributed by atoms with van der Waals surface area (Å²) < 4.78 is 0. The van der Waals surface area contributed by atoms with E-state index in [1.807, 2.05) is 0 Å². The van der Waals surface area contributed by atoms with Gasteiger partial charge in [-0.3, -0.25) is 0 Å². The molecule has 1 aromatic rings. The minimum absolute atomic E-state index is 0.668. The molecule has 5 heteroatoms. The SMILES string of the molecule is CC1CCC(Cc2nnn(C)n2)CN1. The number of aromatic nitrogens is 4. The molecule has 2 heterocycles. The van der Waals surface area contributed by atoms with E-state index < -0.39 is 0 Å². The van der Waals surface area contributed by atoms with Gasteiger partial charge in [0.2, 0.25) is 0 Å². The quantitative estimate of drug-likeness (QED) is 0.729. The third kappa shape index (κ3) is 2.29. The first-order chi connectivity index (χ1) is 6.74. The van der Waals surface area contributed by atoms with E-state index in [0.29, 0.717) is 12.0 Å². The van der Waals surface area contributed by atoms with Gasteiger partial charge in [0.1, 0.15) is 0 Å². The van der Waals surface area contributed by atoms with E-state index in [1.54, 1.807) is 7.05 Å². The summed E-state index contributed by atoms with van der Waals surface area (Å²) in [7, 11) is 1.80. The van der Waals surface area contributed by atoms with Gasteiger partial charge < -0.3 is 5.32 Å². The van der Waals surface area contributed by atoms with Crippen LogP contribution in [0.5, 0.6) is 0 Å². The van der Waals surface area contributed by atoms with Crippen molar-refractivity contribution >= 4 is 0 Å². The van der Waals surface area contributed by atoms with Crippen LogP contribution in [-0.4, -0.2) is 32.8 Å². The molecular weight excluding hydrogens is 178 g/mol. The molecule has 2 rings (SSSR count). The Balaban J connectivity index is 1.86. The maximum atomic E-state index is 4.19. The van der Waals surface area contributed by atoms with Crippen LogP contribution in [0.2, 0.25) is 0 Å². The number of piperidine rings is 1. The molecule has 0 aromatic carbocycles. The van der Waals surface area contributed by atoms with E-state index in [4.69, 9.17) is 0 Å². The minimum Gasteiger partial charge on any atom is -0.314 e. The monoisotopic (exact) mass is 195 g/mol. The van der Waals surface area contributed by atoms with Crippen LogP contribution in [0.4, 0.5) is 0 Å². The number of tetrazole rings is 1. The minimum atomic E-state index is 0.668. The summed E-state index contributed by atoms with van der Waals surface area (Å²) in [6.07, 6.45) is 3.48. The lowest BCUT2D eigenvalue weighted by Gasteiger charge is -2.26. The fraction of sp³-hybridized carbons (Fsp3) is 0.889. The van der Waals surface area contributed by atoms with E-state index in [2.05, 4.69) is 27.7 Å². The van der Waals surface area contributed by atoms with Crippen LogP contribution in [0.15, 0.2) is 0 Å². The normalized spacial score (nSPS) is 27.9. The van der Waals surface area contributed by atoms with Gasteiger partial charge in [0, 0.05) is 12.5 Å². The van der Waals surface area contributed by atoms with Crippen LogP contribution in [0.25, 0.3) is 0 Å². The molecule has 1 aliphatic rings. The third-order valence-corrected chi connectivity index (χ3v) is 2.78. The van der Waals surface area contributed by atoms with Gasteiger partial charge in [-0.25, -0.2) is 0 Å². The highest BCUT2D eigenvalue weighted by atomic mass is 15.6. The Hall–Kier alpha value is -0.970. The van der Waals surface area contributed by atoms with Gasteiger partial charge in [0.15, 0.2) is 5.82 Å². The lowest BCUT2D eigenvalue weighted by atomic mass is 9.93. The second-order valence-corrected chi connectivity index (χ2v) is 4.15. The van der Waals surface area contributed by atoms with E-state index >= 15 is 0 Å². The van der Waals surface area contributed by atoms with Crippen molar-refractivity contribution in [2.45, 2.75) is 32.2 Å². The van der Waals surface area contributed by atoms with Crippen LogP contribution < -0.4 is 5.32 Å². The first-order valence-electron chi connectivity index (χ1n) is 5.20. The van der Waals surface area contributed by atoms with Crippen LogP contribution in [-0.2, 0) is 13.5 Å². The van der Waals surface area contributed by atoms with Crippen molar-refractivity contribution in [1.82, 2.24) is 25.5 Å². The van der Waals surface area contributed by atoms with Crippen LogP contribution in [0.3, 0.4) is 0 Å². The zero-order valence-corrected chi connectivity index (χ0v) is 8.77. The van der Waals surface area contributed by atoms with Crippen molar-refractivity contribution in [2.75, 3.05) is 6.54 Å². The zero-order chi connectivity index (χ0) is 9.97. The lowest BCUT2D eigenvalue weighted by molar-refractivity contribution is 0.318. The molecule has 1 fully saturated rings. The molecule has 1 saturated heterocycles. The van der Waals surface area contributed by atoms with Crippen LogP contribution in [0, 0.1) is 5.92 Å². The van der Waals surface area contributed by atoms with E-state index in [-0.39, 0.29) is 0 Å². The van der Waals surface area contributed by atoms with Gasteiger partial charge in [-0.2, -0.15) is 4.80 Å². The molecule has 0 aliphatic carbocycles. The molecule has 0 radical (unpaired) electrons. The van der Waals surface area contributed by atoms with Gasteiger partial charge in [0.05, 0.1) is 7.05 Å². The smallest absolute Gasteiger partial charge is 0.175 e. The topological polar surface area (TPSA) is 55.6 Å². The molecule has 2 atom stereocenters. The van der Waals surface area contributed by atoms with Gasteiger partial charge >= 0.3 is 0 Å². The van der Waals surface area contributed by atoms with Crippen molar-refractivity contribution < 1.29 is 0 Å². The fourth-order valence-electron chi connectivity index (χ4n) is 1.90. The second-order valence-electron chi connectivity index (χ2n) is 4.15. The molecule has 14 heavy (non-hydrogen) atoms. The Morgan fingerprint density at radius 3 is 2.93 bits per heavy atom. The van der Waals surface area contributed by atoms with Gasteiger partial charge in [-0.15, -0.1) is 10.2 Å². The molecule has 5 nitrogen and oxygen atoms in total. The first kappa shape index (κ1) is 9.58. The summed E-state index contributed by atoms with van der Waals surface area (Å²) in [4.78, 5) is 1.52. The molecule has 1 aliphatic heterocycles.